The van der Waals surface area contributed by atoms with E-state index in [0.717, 1.165) is 31.4 Å². The van der Waals surface area contributed by atoms with E-state index < -0.39 is 0 Å². The number of hydrogen-bond acceptors (Lipinski definition) is 4. The summed E-state index contributed by atoms with van der Waals surface area (Å²) >= 11 is 1.56. The molecule has 0 aromatic carbocycles. The zero-order valence-electron chi connectivity index (χ0n) is 10.1. The minimum atomic E-state index is 0.00684. The molecular formula is C12H19N3OS. The molecule has 2 N–H and O–H groups in total. The largest absolute Gasteiger partial charge is 0.340 e. The van der Waals surface area contributed by atoms with Gasteiger partial charge in [-0.1, -0.05) is 12.8 Å². The molecule has 1 amide bonds. The lowest BCUT2D eigenvalue weighted by Gasteiger charge is -2.30. The van der Waals surface area contributed by atoms with E-state index in [2.05, 4.69) is 4.98 Å². The molecular weight excluding hydrogens is 234 g/mol. The third-order valence-electron chi connectivity index (χ3n) is 3.40. The second-order valence-electron chi connectivity index (χ2n) is 4.73. The molecule has 1 heterocycles. The van der Waals surface area contributed by atoms with Crippen LogP contribution in [0.25, 0.3) is 0 Å². The van der Waals surface area contributed by atoms with E-state index in [0.29, 0.717) is 6.54 Å². The zero-order chi connectivity index (χ0) is 12.3. The van der Waals surface area contributed by atoms with Crippen LogP contribution in [-0.2, 0) is 11.3 Å². The molecule has 17 heavy (non-hydrogen) atoms. The van der Waals surface area contributed by atoms with Gasteiger partial charge in [0.05, 0.1) is 23.7 Å². The Kier molecular flexibility index (Phi) is 4.12. The second-order valence-corrected chi connectivity index (χ2v) is 5.45. The molecule has 2 unspecified atom stereocenters. The van der Waals surface area contributed by atoms with Gasteiger partial charge in [0, 0.05) is 18.5 Å². The highest BCUT2D eigenvalue weighted by Gasteiger charge is 2.30. The van der Waals surface area contributed by atoms with Gasteiger partial charge >= 0.3 is 0 Å². The van der Waals surface area contributed by atoms with Crippen LogP contribution in [0.2, 0.25) is 0 Å². The fourth-order valence-electron chi connectivity index (χ4n) is 2.39. The summed E-state index contributed by atoms with van der Waals surface area (Å²) in [6.45, 7) is 0.589. The lowest BCUT2D eigenvalue weighted by molar-refractivity contribution is -0.136. The van der Waals surface area contributed by atoms with Gasteiger partial charge < -0.3 is 10.6 Å². The highest BCUT2D eigenvalue weighted by molar-refractivity contribution is 7.07. The molecule has 0 bridgehead atoms. The minimum absolute atomic E-state index is 0.00684. The number of nitrogens with two attached hydrogens (primary N) is 1. The monoisotopic (exact) mass is 253 g/mol. The summed E-state index contributed by atoms with van der Waals surface area (Å²) in [4.78, 5) is 18.2. The molecule has 0 radical (unpaired) electrons. The van der Waals surface area contributed by atoms with Crippen molar-refractivity contribution in [2.45, 2.75) is 38.3 Å². The standard InChI is InChI=1S/C12H19N3OS/c1-15(6-9-7-17-8-14-9)12(16)10-4-2-3-5-11(10)13/h7-8,10-11H,2-6,13H2,1H3. The van der Waals surface area contributed by atoms with E-state index in [-0.39, 0.29) is 17.9 Å². The highest BCUT2D eigenvalue weighted by Crippen LogP contribution is 2.24. The van der Waals surface area contributed by atoms with Gasteiger partial charge in [-0.3, -0.25) is 4.79 Å². The van der Waals surface area contributed by atoms with Gasteiger partial charge in [-0.25, -0.2) is 4.98 Å². The van der Waals surface area contributed by atoms with Crippen LogP contribution in [0.4, 0.5) is 0 Å². The summed E-state index contributed by atoms with van der Waals surface area (Å²) in [6.07, 6.45) is 4.18. The van der Waals surface area contributed by atoms with Crippen molar-refractivity contribution in [3.63, 3.8) is 0 Å². The van der Waals surface area contributed by atoms with Gasteiger partial charge in [0.15, 0.2) is 0 Å². The van der Waals surface area contributed by atoms with Crippen LogP contribution < -0.4 is 5.73 Å². The fourth-order valence-corrected chi connectivity index (χ4v) is 2.94. The molecule has 94 valence electrons. The zero-order valence-corrected chi connectivity index (χ0v) is 10.9. The number of amides is 1. The van der Waals surface area contributed by atoms with Crippen LogP contribution in [-0.4, -0.2) is 28.9 Å². The van der Waals surface area contributed by atoms with Gasteiger partial charge in [-0.05, 0) is 12.8 Å². The molecule has 5 heteroatoms. The molecule has 1 aliphatic rings. The van der Waals surface area contributed by atoms with Crippen molar-refractivity contribution < 1.29 is 4.79 Å². The number of rotatable bonds is 3. The number of nitrogens with zero attached hydrogens (tertiary/aromatic N) is 2. The minimum Gasteiger partial charge on any atom is -0.340 e. The maximum absolute atomic E-state index is 12.3. The number of carbonyl (C=O) groups excluding carboxylic acids is 1. The van der Waals surface area contributed by atoms with Crippen LogP contribution in [0.5, 0.6) is 0 Å². The van der Waals surface area contributed by atoms with E-state index >= 15 is 0 Å². The van der Waals surface area contributed by atoms with Crippen molar-refractivity contribution in [1.82, 2.24) is 9.88 Å². The summed E-state index contributed by atoms with van der Waals surface area (Å²) in [5, 5.41) is 1.98. The first-order valence-corrected chi connectivity index (χ1v) is 7.00. The average Bonchev–Trinajstić information content (AvgIpc) is 2.81. The van der Waals surface area contributed by atoms with Gasteiger partial charge in [-0.15, -0.1) is 11.3 Å². The van der Waals surface area contributed by atoms with Gasteiger partial charge in [-0.2, -0.15) is 0 Å². The Bertz CT molecular complexity index is 366. The van der Waals surface area contributed by atoms with Crippen molar-refractivity contribution >= 4 is 17.2 Å². The maximum Gasteiger partial charge on any atom is 0.227 e. The van der Waals surface area contributed by atoms with E-state index in [1.54, 1.807) is 21.7 Å². The van der Waals surface area contributed by atoms with Crippen LogP contribution >= 0.6 is 11.3 Å². The van der Waals surface area contributed by atoms with E-state index in [4.69, 9.17) is 5.73 Å². The number of hydrogen-bond donors (Lipinski definition) is 1. The first-order valence-electron chi connectivity index (χ1n) is 6.06. The molecule has 1 aromatic rings. The summed E-state index contributed by atoms with van der Waals surface area (Å²) in [6, 6.07) is 0.0362. The van der Waals surface area contributed by atoms with Gasteiger partial charge in [0.25, 0.3) is 0 Å². The molecule has 4 nitrogen and oxygen atoms in total. The predicted molar refractivity (Wildman–Crippen MR) is 68.5 cm³/mol. The lowest BCUT2D eigenvalue weighted by Crippen LogP contribution is -2.44. The summed E-state index contributed by atoms with van der Waals surface area (Å²) in [5.41, 5.74) is 8.78. The van der Waals surface area contributed by atoms with Crippen LogP contribution in [0, 0.1) is 5.92 Å². The molecule has 0 aliphatic heterocycles. The first kappa shape index (κ1) is 12.5. The average molecular weight is 253 g/mol. The Balaban J connectivity index is 1.94. The molecule has 2 atom stereocenters. The number of thiazole rings is 1. The molecule has 1 fully saturated rings. The summed E-state index contributed by atoms with van der Waals surface area (Å²) < 4.78 is 0. The van der Waals surface area contributed by atoms with E-state index in [9.17, 15) is 4.79 Å². The summed E-state index contributed by atoms with van der Waals surface area (Å²) in [5.74, 6) is 0.178. The predicted octanol–water partition coefficient (Wildman–Crippen LogP) is 1.62. The Hall–Kier alpha value is -0.940. The fraction of sp³-hybridized carbons (Fsp3) is 0.667. The third-order valence-corrected chi connectivity index (χ3v) is 4.03. The number of carbonyl (C=O) groups is 1. The van der Waals surface area contributed by atoms with E-state index in [1.807, 2.05) is 12.4 Å². The SMILES string of the molecule is CN(Cc1cscn1)C(=O)C1CCCCC1N. The van der Waals surface area contributed by atoms with Crippen molar-refractivity contribution in [1.29, 1.82) is 0 Å². The number of aromatic nitrogens is 1. The molecule has 1 aromatic heterocycles. The Morgan fingerprint density at radius 1 is 1.59 bits per heavy atom. The van der Waals surface area contributed by atoms with Crippen LogP contribution in [0.1, 0.15) is 31.4 Å². The van der Waals surface area contributed by atoms with Crippen LogP contribution in [0.15, 0.2) is 10.9 Å². The molecule has 1 saturated carbocycles. The quantitative estimate of drug-likeness (QED) is 0.890. The topological polar surface area (TPSA) is 59.2 Å². The molecule has 1 aliphatic carbocycles. The van der Waals surface area contributed by atoms with E-state index in [1.165, 1.54) is 0 Å². The second kappa shape index (κ2) is 5.60. The third kappa shape index (κ3) is 3.04. The Morgan fingerprint density at radius 3 is 3.00 bits per heavy atom. The lowest BCUT2D eigenvalue weighted by atomic mass is 9.84. The Morgan fingerprint density at radius 2 is 2.35 bits per heavy atom. The first-order chi connectivity index (χ1) is 8.18. The molecule has 0 spiro atoms. The van der Waals surface area contributed by atoms with Gasteiger partial charge in [0.2, 0.25) is 5.91 Å². The van der Waals surface area contributed by atoms with Crippen molar-refractivity contribution in [3.05, 3.63) is 16.6 Å². The van der Waals surface area contributed by atoms with Crippen molar-refractivity contribution in [2.24, 2.45) is 11.7 Å². The molecule has 0 saturated heterocycles. The smallest absolute Gasteiger partial charge is 0.227 e. The van der Waals surface area contributed by atoms with Crippen molar-refractivity contribution in [2.75, 3.05) is 7.05 Å². The summed E-state index contributed by atoms with van der Waals surface area (Å²) in [7, 11) is 1.84. The van der Waals surface area contributed by atoms with Gasteiger partial charge in [0.1, 0.15) is 0 Å². The Labute approximate surface area is 106 Å². The maximum atomic E-state index is 12.3. The van der Waals surface area contributed by atoms with Crippen molar-refractivity contribution in [3.8, 4) is 0 Å². The van der Waals surface area contributed by atoms with Crippen LogP contribution in [0.3, 0.4) is 0 Å². The highest BCUT2D eigenvalue weighted by atomic mass is 32.1. The molecule has 2 rings (SSSR count). The normalized spacial score (nSPS) is 24.6.